The Balaban J connectivity index is 2.13. The molecule has 0 saturated heterocycles. The molecule has 24 heavy (non-hydrogen) atoms. The molecule has 0 unspecified atom stereocenters. The van der Waals surface area contributed by atoms with Crippen LogP contribution in [0.25, 0.3) is 6.08 Å². The standard InChI is InChI=1S/C18H20N2O4/c1-22-13-6-4-5-12(9-13)7-8-18(21)20-15-11-17(24-3)16(23-2)10-14(15)19/h4-11H,19H2,1-3H3,(H,20,21)/b8-7+. The molecule has 0 saturated carbocycles. The van der Waals surface area contributed by atoms with Gasteiger partial charge in [0.1, 0.15) is 5.75 Å². The molecule has 2 rings (SSSR count). The zero-order valence-electron chi connectivity index (χ0n) is 13.8. The molecule has 0 bridgehead atoms. The lowest BCUT2D eigenvalue weighted by Gasteiger charge is -2.12. The zero-order valence-corrected chi connectivity index (χ0v) is 13.8. The number of amides is 1. The Hall–Kier alpha value is -3.15. The summed E-state index contributed by atoms with van der Waals surface area (Å²) in [6.07, 6.45) is 3.11. The molecule has 0 aliphatic heterocycles. The number of nitrogen functional groups attached to an aromatic ring is 1. The van der Waals surface area contributed by atoms with E-state index in [9.17, 15) is 4.79 Å². The Bertz CT molecular complexity index is 757. The van der Waals surface area contributed by atoms with Gasteiger partial charge in [-0.2, -0.15) is 0 Å². The van der Waals surface area contributed by atoms with Gasteiger partial charge in [-0.1, -0.05) is 12.1 Å². The number of carbonyl (C=O) groups excluding carboxylic acids is 1. The minimum absolute atomic E-state index is 0.309. The molecule has 3 N–H and O–H groups in total. The summed E-state index contributed by atoms with van der Waals surface area (Å²) in [4.78, 5) is 12.1. The number of nitrogens with one attached hydrogen (secondary N) is 1. The van der Waals surface area contributed by atoms with E-state index in [4.69, 9.17) is 19.9 Å². The first-order valence-corrected chi connectivity index (χ1v) is 7.22. The van der Waals surface area contributed by atoms with Crippen molar-refractivity contribution in [2.45, 2.75) is 0 Å². The van der Waals surface area contributed by atoms with E-state index in [0.29, 0.717) is 22.9 Å². The van der Waals surface area contributed by atoms with Crippen LogP contribution < -0.4 is 25.3 Å². The Kier molecular flexibility index (Phi) is 5.68. The van der Waals surface area contributed by atoms with Gasteiger partial charge >= 0.3 is 0 Å². The van der Waals surface area contributed by atoms with Gasteiger partial charge in [-0.15, -0.1) is 0 Å². The molecule has 0 heterocycles. The van der Waals surface area contributed by atoms with E-state index >= 15 is 0 Å². The Morgan fingerprint density at radius 3 is 2.42 bits per heavy atom. The minimum Gasteiger partial charge on any atom is -0.497 e. The van der Waals surface area contributed by atoms with Crippen LogP contribution in [0.1, 0.15) is 5.56 Å². The van der Waals surface area contributed by atoms with Crippen molar-refractivity contribution < 1.29 is 19.0 Å². The summed E-state index contributed by atoms with van der Waals surface area (Å²) in [5.41, 5.74) is 7.61. The summed E-state index contributed by atoms with van der Waals surface area (Å²) in [7, 11) is 4.63. The SMILES string of the molecule is COc1cccc(/C=C/C(=O)Nc2cc(OC)c(OC)cc2N)c1. The van der Waals surface area contributed by atoms with Crippen molar-refractivity contribution in [3.8, 4) is 17.2 Å². The molecule has 0 radical (unpaired) electrons. The van der Waals surface area contributed by atoms with Crippen LogP contribution in [0.5, 0.6) is 17.2 Å². The molecular weight excluding hydrogens is 308 g/mol. The summed E-state index contributed by atoms with van der Waals surface area (Å²) >= 11 is 0. The lowest BCUT2D eigenvalue weighted by atomic mass is 10.2. The first-order valence-electron chi connectivity index (χ1n) is 7.22. The van der Waals surface area contributed by atoms with E-state index in [1.54, 1.807) is 25.3 Å². The van der Waals surface area contributed by atoms with Crippen molar-refractivity contribution in [1.82, 2.24) is 0 Å². The molecular formula is C18H20N2O4. The summed E-state index contributed by atoms with van der Waals surface area (Å²) in [5, 5.41) is 2.72. The molecule has 2 aromatic carbocycles. The highest BCUT2D eigenvalue weighted by Gasteiger charge is 2.10. The second kappa shape index (κ2) is 7.92. The van der Waals surface area contributed by atoms with Gasteiger partial charge in [-0.3, -0.25) is 4.79 Å². The predicted molar refractivity (Wildman–Crippen MR) is 94.6 cm³/mol. The quantitative estimate of drug-likeness (QED) is 0.629. The maximum absolute atomic E-state index is 12.1. The average molecular weight is 328 g/mol. The van der Waals surface area contributed by atoms with Crippen LogP contribution in [0.3, 0.4) is 0 Å². The number of ether oxygens (including phenoxy) is 3. The van der Waals surface area contributed by atoms with Crippen molar-refractivity contribution in [2.75, 3.05) is 32.4 Å². The van der Waals surface area contributed by atoms with Crippen molar-refractivity contribution in [1.29, 1.82) is 0 Å². The normalized spacial score (nSPS) is 10.5. The molecule has 0 aliphatic rings. The lowest BCUT2D eigenvalue weighted by molar-refractivity contribution is -0.111. The summed E-state index contributed by atoms with van der Waals surface area (Å²) < 4.78 is 15.5. The number of rotatable bonds is 6. The number of anilines is 2. The first kappa shape index (κ1) is 17.2. The molecule has 2 aromatic rings. The Morgan fingerprint density at radius 1 is 1.04 bits per heavy atom. The molecule has 1 amide bonds. The number of nitrogens with two attached hydrogens (primary N) is 1. The van der Waals surface area contributed by atoms with Crippen LogP contribution in [-0.2, 0) is 4.79 Å². The highest BCUT2D eigenvalue weighted by atomic mass is 16.5. The third-order valence-corrected chi connectivity index (χ3v) is 3.33. The highest BCUT2D eigenvalue weighted by molar-refractivity contribution is 6.03. The van der Waals surface area contributed by atoms with Gasteiger partial charge in [0.05, 0.1) is 32.7 Å². The van der Waals surface area contributed by atoms with Crippen molar-refractivity contribution >= 4 is 23.4 Å². The van der Waals surface area contributed by atoms with Gasteiger partial charge in [-0.25, -0.2) is 0 Å². The molecule has 126 valence electrons. The molecule has 0 aromatic heterocycles. The number of hydrogen-bond donors (Lipinski definition) is 2. The average Bonchev–Trinajstić information content (AvgIpc) is 2.61. The second-order valence-corrected chi connectivity index (χ2v) is 4.89. The fraction of sp³-hybridized carbons (Fsp3) is 0.167. The van der Waals surface area contributed by atoms with Crippen LogP contribution in [-0.4, -0.2) is 27.2 Å². The lowest BCUT2D eigenvalue weighted by Crippen LogP contribution is -2.10. The number of hydrogen-bond acceptors (Lipinski definition) is 5. The third-order valence-electron chi connectivity index (χ3n) is 3.33. The molecule has 0 atom stereocenters. The number of methoxy groups -OCH3 is 3. The molecule has 0 spiro atoms. The largest absolute Gasteiger partial charge is 0.497 e. The monoisotopic (exact) mass is 328 g/mol. The summed E-state index contributed by atoms with van der Waals surface area (Å²) in [6.45, 7) is 0. The fourth-order valence-corrected chi connectivity index (χ4v) is 2.09. The van der Waals surface area contributed by atoms with Gasteiger partial charge in [0, 0.05) is 18.2 Å². The summed E-state index contributed by atoms with van der Waals surface area (Å²) in [6, 6.07) is 10.6. The molecule has 6 nitrogen and oxygen atoms in total. The molecule has 6 heteroatoms. The molecule has 0 fully saturated rings. The van der Waals surface area contributed by atoms with E-state index in [2.05, 4.69) is 5.32 Å². The smallest absolute Gasteiger partial charge is 0.248 e. The van der Waals surface area contributed by atoms with Crippen LogP contribution in [0, 0.1) is 0 Å². The van der Waals surface area contributed by atoms with Gasteiger partial charge in [0.15, 0.2) is 11.5 Å². The van der Waals surface area contributed by atoms with Crippen LogP contribution in [0.2, 0.25) is 0 Å². The van der Waals surface area contributed by atoms with E-state index in [0.717, 1.165) is 11.3 Å². The van der Waals surface area contributed by atoms with Gasteiger partial charge in [-0.05, 0) is 23.8 Å². The Labute approximate surface area is 140 Å². The predicted octanol–water partition coefficient (Wildman–Crippen LogP) is 2.95. The zero-order chi connectivity index (χ0) is 17.5. The fourth-order valence-electron chi connectivity index (χ4n) is 2.09. The van der Waals surface area contributed by atoms with Gasteiger partial charge in [0.25, 0.3) is 0 Å². The van der Waals surface area contributed by atoms with Gasteiger partial charge in [0.2, 0.25) is 5.91 Å². The van der Waals surface area contributed by atoms with Crippen molar-refractivity contribution in [2.24, 2.45) is 0 Å². The molecule has 0 aliphatic carbocycles. The minimum atomic E-state index is -0.309. The maximum atomic E-state index is 12.1. The number of carbonyl (C=O) groups is 1. The topological polar surface area (TPSA) is 82.8 Å². The van der Waals surface area contributed by atoms with E-state index in [1.807, 2.05) is 24.3 Å². The van der Waals surface area contributed by atoms with Crippen LogP contribution in [0.4, 0.5) is 11.4 Å². The second-order valence-electron chi connectivity index (χ2n) is 4.89. The Morgan fingerprint density at radius 2 is 1.75 bits per heavy atom. The van der Waals surface area contributed by atoms with Crippen molar-refractivity contribution in [3.05, 3.63) is 48.0 Å². The third kappa shape index (κ3) is 4.19. The van der Waals surface area contributed by atoms with E-state index in [1.165, 1.54) is 20.3 Å². The highest BCUT2D eigenvalue weighted by Crippen LogP contribution is 2.34. The number of benzene rings is 2. The first-order chi connectivity index (χ1) is 11.6. The maximum Gasteiger partial charge on any atom is 0.248 e. The van der Waals surface area contributed by atoms with Gasteiger partial charge < -0.3 is 25.3 Å². The van der Waals surface area contributed by atoms with E-state index < -0.39 is 0 Å². The summed E-state index contributed by atoms with van der Waals surface area (Å²) in [5.74, 6) is 1.40. The van der Waals surface area contributed by atoms with Crippen LogP contribution >= 0.6 is 0 Å². The van der Waals surface area contributed by atoms with Crippen molar-refractivity contribution in [3.63, 3.8) is 0 Å². The van der Waals surface area contributed by atoms with E-state index in [-0.39, 0.29) is 5.91 Å². The van der Waals surface area contributed by atoms with Crippen LogP contribution in [0.15, 0.2) is 42.5 Å².